The Labute approximate surface area is 124 Å². The largest absolute Gasteiger partial charge is 0.508 e. The predicted molar refractivity (Wildman–Crippen MR) is 74.1 cm³/mol. The monoisotopic (exact) mass is 315 g/mol. The van der Waals surface area contributed by atoms with Gasteiger partial charge in [-0.2, -0.15) is 5.26 Å². The first-order valence-electron chi connectivity index (χ1n) is 5.16. The fraction of sp³-hybridized carbons (Fsp3) is 0.0833. The lowest BCUT2D eigenvalue weighted by atomic mass is 10.0. The van der Waals surface area contributed by atoms with Crippen LogP contribution in [0.4, 0.5) is 0 Å². The van der Waals surface area contributed by atoms with Gasteiger partial charge in [0.05, 0.1) is 10.1 Å². The Balaban J connectivity index is 2.61. The molecule has 0 saturated heterocycles. The molecule has 1 atom stereocenters. The summed E-state index contributed by atoms with van der Waals surface area (Å²) < 4.78 is 0. The third kappa shape index (κ3) is 2.26. The van der Waals surface area contributed by atoms with Crippen LogP contribution >= 0.6 is 34.8 Å². The number of hydrogen-bond donors (Lipinski definition) is 2. The van der Waals surface area contributed by atoms with Gasteiger partial charge in [-0.1, -0.05) is 53.0 Å². The Morgan fingerprint density at radius 2 is 1.89 bits per heavy atom. The second-order valence-electron chi connectivity index (χ2n) is 3.81. The molecule has 1 aromatic carbocycles. The zero-order chi connectivity index (χ0) is 14.2. The van der Waals surface area contributed by atoms with Gasteiger partial charge < -0.3 is 5.11 Å². The number of allylic oxidation sites excluding steroid dienone is 2. The van der Waals surface area contributed by atoms with E-state index in [4.69, 9.17) is 45.9 Å². The Morgan fingerprint density at radius 1 is 1.26 bits per heavy atom. The molecular weight excluding hydrogens is 309 g/mol. The van der Waals surface area contributed by atoms with Crippen LogP contribution in [0.3, 0.4) is 0 Å². The average molecular weight is 317 g/mol. The van der Waals surface area contributed by atoms with Gasteiger partial charge in [0.1, 0.15) is 28.6 Å². The summed E-state index contributed by atoms with van der Waals surface area (Å²) in [5, 5.41) is 20.1. The third-order valence-electron chi connectivity index (χ3n) is 2.72. The minimum Gasteiger partial charge on any atom is -0.508 e. The fourth-order valence-corrected chi connectivity index (χ4v) is 2.63. The number of hydrogen-bond acceptors (Lipinski definition) is 4. The first-order chi connectivity index (χ1) is 8.99. The molecule has 0 amide bonds. The number of rotatable bonds is 1. The molecule has 0 saturated carbocycles. The van der Waals surface area contributed by atoms with Gasteiger partial charge in [0.25, 0.3) is 0 Å². The van der Waals surface area contributed by atoms with Crippen LogP contribution in [0, 0.1) is 11.3 Å². The van der Waals surface area contributed by atoms with E-state index in [1.807, 2.05) is 6.07 Å². The molecule has 1 aliphatic rings. The average Bonchev–Trinajstić information content (AvgIpc) is 2.40. The molecular formula is C12H8Cl3N3O. The molecule has 98 valence electrons. The van der Waals surface area contributed by atoms with Gasteiger partial charge in [-0.25, -0.2) is 5.84 Å². The van der Waals surface area contributed by atoms with Crippen LogP contribution in [0.15, 0.2) is 45.1 Å². The standard InChI is InChI=1S/C12H8Cl3N3O/c13-9-7(5-16)12(15)18(17)11(10(9)14)6-3-1-2-4-8(6)19/h1-4,11,19H,17H2. The van der Waals surface area contributed by atoms with Crippen LogP contribution in [-0.4, -0.2) is 10.1 Å². The zero-order valence-corrected chi connectivity index (χ0v) is 11.7. The summed E-state index contributed by atoms with van der Waals surface area (Å²) in [5.41, 5.74) is 0.450. The first kappa shape index (κ1) is 14.0. The molecule has 0 spiro atoms. The Bertz CT molecular complexity index is 633. The lowest BCUT2D eigenvalue weighted by Gasteiger charge is -2.33. The number of nitrogens with two attached hydrogens (primary N) is 1. The van der Waals surface area contributed by atoms with Crippen molar-refractivity contribution in [2.75, 3.05) is 0 Å². The topological polar surface area (TPSA) is 73.3 Å². The maximum Gasteiger partial charge on any atom is 0.139 e. The summed E-state index contributed by atoms with van der Waals surface area (Å²) in [6.07, 6.45) is 0. The highest BCUT2D eigenvalue weighted by molar-refractivity contribution is 6.43. The molecule has 1 heterocycles. The van der Waals surface area contributed by atoms with Crippen LogP contribution in [0.25, 0.3) is 0 Å². The van der Waals surface area contributed by atoms with Crippen LogP contribution < -0.4 is 5.84 Å². The minimum atomic E-state index is -0.736. The lowest BCUT2D eigenvalue weighted by molar-refractivity contribution is 0.307. The number of hydrazine groups is 1. The van der Waals surface area contributed by atoms with Crippen molar-refractivity contribution >= 4 is 34.8 Å². The number of nitriles is 1. The fourth-order valence-electron chi connectivity index (χ4n) is 1.79. The van der Waals surface area contributed by atoms with Gasteiger partial charge in [-0.3, -0.25) is 5.01 Å². The minimum absolute atomic E-state index is 0.00232. The number of phenolic OH excluding ortho intramolecular Hbond substituents is 1. The maximum absolute atomic E-state index is 9.86. The maximum atomic E-state index is 9.86. The summed E-state index contributed by atoms with van der Waals surface area (Å²) in [7, 11) is 0. The van der Waals surface area contributed by atoms with Crippen molar-refractivity contribution in [2.24, 2.45) is 5.84 Å². The number of nitrogens with zero attached hydrogens (tertiary/aromatic N) is 2. The number of phenols is 1. The number of para-hydroxylation sites is 1. The van der Waals surface area contributed by atoms with Gasteiger partial charge >= 0.3 is 0 Å². The normalized spacial score (nSPS) is 19.7. The van der Waals surface area contributed by atoms with Gasteiger partial charge in [-0.05, 0) is 6.07 Å². The molecule has 0 radical (unpaired) electrons. The third-order valence-corrected chi connectivity index (χ3v) is 3.99. The second-order valence-corrected chi connectivity index (χ2v) is 4.95. The summed E-state index contributed by atoms with van der Waals surface area (Å²) in [5.74, 6) is 5.86. The molecule has 0 bridgehead atoms. The highest BCUT2D eigenvalue weighted by Crippen LogP contribution is 2.45. The second kappa shape index (κ2) is 5.32. The van der Waals surface area contributed by atoms with E-state index in [0.29, 0.717) is 5.56 Å². The van der Waals surface area contributed by atoms with Crippen LogP contribution in [0.1, 0.15) is 11.6 Å². The summed E-state index contributed by atoms with van der Waals surface area (Å²) in [6, 6.07) is 7.64. The number of benzene rings is 1. The van der Waals surface area contributed by atoms with E-state index in [-0.39, 0.29) is 26.5 Å². The van der Waals surface area contributed by atoms with E-state index in [9.17, 15) is 5.11 Å². The van der Waals surface area contributed by atoms with Crippen molar-refractivity contribution in [2.45, 2.75) is 6.04 Å². The molecule has 4 nitrogen and oxygen atoms in total. The van der Waals surface area contributed by atoms with Crippen molar-refractivity contribution in [1.29, 1.82) is 5.26 Å². The van der Waals surface area contributed by atoms with Crippen molar-refractivity contribution in [1.82, 2.24) is 5.01 Å². The van der Waals surface area contributed by atoms with Gasteiger partial charge in [0, 0.05) is 5.56 Å². The van der Waals surface area contributed by atoms with E-state index >= 15 is 0 Å². The summed E-state index contributed by atoms with van der Waals surface area (Å²) >= 11 is 18.1. The SMILES string of the molecule is N#CC1=C(Cl)N(N)C(c2ccccc2O)C(Cl)=C1Cl. The van der Waals surface area contributed by atoms with Crippen molar-refractivity contribution in [3.63, 3.8) is 0 Å². The van der Waals surface area contributed by atoms with E-state index < -0.39 is 6.04 Å². The van der Waals surface area contributed by atoms with Crippen molar-refractivity contribution < 1.29 is 5.11 Å². The summed E-state index contributed by atoms with van der Waals surface area (Å²) in [6.45, 7) is 0. The molecule has 1 unspecified atom stereocenters. The molecule has 3 N–H and O–H groups in total. The van der Waals surface area contributed by atoms with Gasteiger partial charge in [0.2, 0.25) is 0 Å². The molecule has 7 heteroatoms. The van der Waals surface area contributed by atoms with E-state index in [2.05, 4.69) is 0 Å². The zero-order valence-electron chi connectivity index (χ0n) is 9.44. The first-order valence-corrected chi connectivity index (χ1v) is 6.29. The Kier molecular flexibility index (Phi) is 3.93. The molecule has 1 aliphatic heterocycles. The highest BCUT2D eigenvalue weighted by Gasteiger charge is 2.34. The Morgan fingerprint density at radius 3 is 2.47 bits per heavy atom. The lowest BCUT2D eigenvalue weighted by Crippen LogP contribution is -2.36. The number of halogens is 3. The quantitative estimate of drug-likeness (QED) is 0.616. The van der Waals surface area contributed by atoms with Crippen molar-refractivity contribution in [3.8, 4) is 11.8 Å². The molecule has 0 aliphatic carbocycles. The van der Waals surface area contributed by atoms with E-state index in [1.165, 1.54) is 6.07 Å². The molecule has 0 aromatic heterocycles. The highest BCUT2D eigenvalue weighted by atomic mass is 35.5. The van der Waals surface area contributed by atoms with Crippen LogP contribution in [0.5, 0.6) is 5.75 Å². The molecule has 0 fully saturated rings. The van der Waals surface area contributed by atoms with Crippen LogP contribution in [0.2, 0.25) is 0 Å². The molecule has 2 rings (SSSR count). The van der Waals surface area contributed by atoms with Gasteiger partial charge in [-0.15, -0.1) is 0 Å². The smallest absolute Gasteiger partial charge is 0.139 e. The summed E-state index contributed by atoms with van der Waals surface area (Å²) in [4.78, 5) is 0. The van der Waals surface area contributed by atoms with Gasteiger partial charge in [0.15, 0.2) is 0 Å². The van der Waals surface area contributed by atoms with E-state index in [1.54, 1.807) is 18.2 Å². The predicted octanol–water partition coefficient (Wildman–Crippen LogP) is 3.29. The van der Waals surface area contributed by atoms with Crippen molar-refractivity contribution in [3.05, 3.63) is 50.6 Å². The molecule has 19 heavy (non-hydrogen) atoms. The van der Waals surface area contributed by atoms with Crippen LogP contribution in [-0.2, 0) is 0 Å². The number of aromatic hydroxyl groups is 1. The van der Waals surface area contributed by atoms with E-state index in [0.717, 1.165) is 5.01 Å². The molecule has 1 aromatic rings. The Hall–Kier alpha value is -1.38.